The molecule has 0 fully saturated rings. The second-order valence-electron chi connectivity index (χ2n) is 8.61. The van der Waals surface area contributed by atoms with Crippen molar-refractivity contribution in [2.24, 2.45) is 0 Å². The van der Waals surface area contributed by atoms with E-state index in [9.17, 15) is 9.59 Å². The lowest BCUT2D eigenvalue weighted by Crippen LogP contribution is -2.16. The van der Waals surface area contributed by atoms with Crippen LogP contribution in [0, 0.1) is 13.8 Å². The maximum atomic E-state index is 13.0. The molecule has 10 heteroatoms. The van der Waals surface area contributed by atoms with Crippen molar-refractivity contribution in [1.29, 1.82) is 0 Å². The van der Waals surface area contributed by atoms with Gasteiger partial charge in [0.25, 0.3) is 0 Å². The van der Waals surface area contributed by atoms with Crippen molar-refractivity contribution in [1.82, 2.24) is 14.8 Å². The molecule has 0 spiro atoms. The first-order valence-corrected chi connectivity index (χ1v) is 14.8. The van der Waals surface area contributed by atoms with Crippen LogP contribution in [0.1, 0.15) is 46.6 Å². The summed E-state index contributed by atoms with van der Waals surface area (Å²) in [5, 5.41) is 16.9. The van der Waals surface area contributed by atoms with E-state index in [4.69, 9.17) is 4.74 Å². The first kappa shape index (κ1) is 27.1. The zero-order chi connectivity index (χ0) is 26.5. The summed E-state index contributed by atoms with van der Waals surface area (Å²) in [6.45, 7) is 9.02. The number of aryl methyl sites for hydroxylation is 3. The van der Waals surface area contributed by atoms with Gasteiger partial charge in [0.05, 0.1) is 12.9 Å². The summed E-state index contributed by atoms with van der Waals surface area (Å²) in [5.41, 5.74) is 5.28. The first-order chi connectivity index (χ1) is 17.9. The minimum Gasteiger partial charge on any atom is -0.465 e. The van der Waals surface area contributed by atoms with Crippen LogP contribution in [0.3, 0.4) is 0 Å². The Morgan fingerprint density at radius 1 is 1.08 bits per heavy atom. The number of amides is 1. The van der Waals surface area contributed by atoms with Gasteiger partial charge in [-0.25, -0.2) is 4.79 Å². The summed E-state index contributed by atoms with van der Waals surface area (Å²) in [6, 6.07) is 8.26. The zero-order valence-electron chi connectivity index (χ0n) is 21.6. The van der Waals surface area contributed by atoms with Gasteiger partial charge < -0.3 is 14.6 Å². The number of hydrogen-bond donors (Lipinski definition) is 1. The Hall–Kier alpha value is -2.95. The molecule has 4 rings (SSSR count). The number of nitrogens with zero attached hydrogens (tertiary/aromatic N) is 3. The Bertz CT molecular complexity index is 1420. The number of aromatic nitrogens is 3. The van der Waals surface area contributed by atoms with Gasteiger partial charge >= 0.3 is 5.97 Å². The van der Waals surface area contributed by atoms with Crippen molar-refractivity contribution in [2.45, 2.75) is 52.2 Å². The maximum absolute atomic E-state index is 13.0. The van der Waals surface area contributed by atoms with E-state index in [0.717, 1.165) is 53.0 Å². The van der Waals surface area contributed by atoms with E-state index in [1.165, 1.54) is 35.1 Å². The number of esters is 1. The average Bonchev–Trinajstić information content (AvgIpc) is 3.62. The van der Waals surface area contributed by atoms with E-state index in [1.54, 1.807) is 11.3 Å². The molecule has 0 radical (unpaired) electrons. The largest absolute Gasteiger partial charge is 0.465 e. The van der Waals surface area contributed by atoms with E-state index in [-0.39, 0.29) is 11.7 Å². The predicted molar refractivity (Wildman–Crippen MR) is 153 cm³/mol. The molecule has 1 amide bonds. The van der Waals surface area contributed by atoms with Crippen molar-refractivity contribution < 1.29 is 14.3 Å². The Morgan fingerprint density at radius 3 is 2.59 bits per heavy atom. The topological polar surface area (TPSA) is 86.1 Å². The second kappa shape index (κ2) is 12.1. The second-order valence-corrected chi connectivity index (χ2v) is 11.4. The van der Waals surface area contributed by atoms with Gasteiger partial charge in [0.2, 0.25) is 5.91 Å². The van der Waals surface area contributed by atoms with Crippen LogP contribution in [-0.2, 0) is 22.5 Å². The summed E-state index contributed by atoms with van der Waals surface area (Å²) in [4.78, 5) is 27.0. The Morgan fingerprint density at radius 2 is 1.89 bits per heavy atom. The molecule has 1 N–H and O–H groups in total. The first-order valence-electron chi connectivity index (χ1n) is 12.1. The Labute approximate surface area is 229 Å². The van der Waals surface area contributed by atoms with Crippen LogP contribution < -0.4 is 5.32 Å². The average molecular weight is 555 g/mol. The molecule has 0 saturated heterocycles. The van der Waals surface area contributed by atoms with Crippen LogP contribution in [-0.4, -0.2) is 39.5 Å². The lowest BCUT2D eigenvalue weighted by molar-refractivity contribution is -0.113. The lowest BCUT2D eigenvalue weighted by atomic mass is 9.97. The fraction of sp³-hybridized carbons (Fsp3) is 0.333. The number of rotatable bonds is 10. The quantitative estimate of drug-likeness (QED) is 0.171. The number of benzene rings is 1. The monoisotopic (exact) mass is 554 g/mol. The molecule has 0 unspecified atom stereocenters. The third-order valence-corrected chi connectivity index (χ3v) is 8.82. The summed E-state index contributed by atoms with van der Waals surface area (Å²) >= 11 is 4.38. The van der Waals surface area contributed by atoms with E-state index >= 15 is 0 Å². The number of anilines is 1. The van der Waals surface area contributed by atoms with Crippen LogP contribution in [0.15, 0.2) is 40.2 Å². The third-order valence-electron chi connectivity index (χ3n) is 5.87. The summed E-state index contributed by atoms with van der Waals surface area (Å²) in [7, 11) is 1.35. The number of carbonyl (C=O) groups excluding carboxylic acids is 2. The van der Waals surface area contributed by atoms with Crippen LogP contribution in [0.2, 0.25) is 0 Å². The normalized spacial score (nSPS) is 11.1. The van der Waals surface area contributed by atoms with Crippen LogP contribution in [0.25, 0.3) is 22.5 Å². The Kier molecular flexibility index (Phi) is 8.83. The van der Waals surface area contributed by atoms with Gasteiger partial charge in [-0.1, -0.05) is 49.4 Å². The number of ether oxygens (including phenoxy) is 1. The van der Waals surface area contributed by atoms with Gasteiger partial charge in [-0.3, -0.25) is 4.79 Å². The van der Waals surface area contributed by atoms with Crippen LogP contribution in [0.5, 0.6) is 0 Å². The van der Waals surface area contributed by atoms with Crippen molar-refractivity contribution in [3.05, 3.63) is 56.6 Å². The highest BCUT2D eigenvalue weighted by molar-refractivity contribution is 7.99. The van der Waals surface area contributed by atoms with Crippen LogP contribution >= 0.6 is 34.4 Å². The van der Waals surface area contributed by atoms with Crippen molar-refractivity contribution in [2.75, 3.05) is 18.2 Å². The molecule has 37 heavy (non-hydrogen) atoms. The lowest BCUT2D eigenvalue weighted by Gasteiger charge is -2.10. The fourth-order valence-electron chi connectivity index (χ4n) is 3.99. The summed E-state index contributed by atoms with van der Waals surface area (Å²) < 4.78 is 7.14. The molecule has 1 aromatic carbocycles. The standard InChI is InChI=1S/C27H30N4O3S3/c1-6-10-31-24(18-12-19(7-2)35-13-18)29-30-27(31)37-15-22(32)28-25-23(26(33)34-5)21(14-36-25)20-11-16(3)8-9-17(20)4/h8-9,11-14H,6-7,10,15H2,1-5H3,(H,28,32). The van der Waals surface area contributed by atoms with Crippen molar-refractivity contribution in [3.8, 4) is 22.5 Å². The van der Waals surface area contributed by atoms with Crippen molar-refractivity contribution >= 4 is 51.3 Å². The number of methoxy groups -OCH3 is 1. The smallest absolute Gasteiger partial charge is 0.341 e. The SMILES string of the molecule is CCCn1c(SCC(=O)Nc2scc(-c3cc(C)ccc3C)c2C(=O)OC)nnc1-c1csc(CC)c1. The molecule has 3 heterocycles. The third kappa shape index (κ3) is 5.97. The Balaban J connectivity index is 1.53. The zero-order valence-corrected chi connectivity index (χ0v) is 24.0. The molecule has 3 aromatic heterocycles. The highest BCUT2D eigenvalue weighted by Gasteiger charge is 2.24. The highest BCUT2D eigenvalue weighted by Crippen LogP contribution is 2.38. The van der Waals surface area contributed by atoms with Gasteiger partial charge in [0, 0.05) is 33.3 Å². The molecule has 4 aromatic rings. The number of thioether (sulfide) groups is 1. The minimum atomic E-state index is -0.477. The van der Waals surface area contributed by atoms with Gasteiger partial charge in [-0.05, 0) is 43.9 Å². The molecular formula is C27H30N4O3S3. The number of nitrogens with one attached hydrogen (secondary N) is 1. The number of carbonyl (C=O) groups is 2. The molecule has 194 valence electrons. The molecule has 0 aliphatic rings. The van der Waals surface area contributed by atoms with Gasteiger partial charge in [0.15, 0.2) is 11.0 Å². The fourth-order valence-corrected chi connectivity index (χ4v) is 6.53. The summed E-state index contributed by atoms with van der Waals surface area (Å²) in [6.07, 6.45) is 1.91. The maximum Gasteiger partial charge on any atom is 0.341 e. The summed E-state index contributed by atoms with van der Waals surface area (Å²) in [5.74, 6) is 0.268. The molecule has 0 saturated carbocycles. The number of thiophene rings is 2. The van der Waals surface area contributed by atoms with E-state index in [2.05, 4.69) is 45.4 Å². The van der Waals surface area contributed by atoms with E-state index in [0.29, 0.717) is 15.7 Å². The van der Waals surface area contributed by atoms with Gasteiger partial charge in [-0.2, -0.15) is 0 Å². The molecule has 7 nitrogen and oxygen atoms in total. The van der Waals surface area contributed by atoms with Crippen molar-refractivity contribution in [3.63, 3.8) is 0 Å². The highest BCUT2D eigenvalue weighted by atomic mass is 32.2. The van der Waals surface area contributed by atoms with Crippen LogP contribution in [0.4, 0.5) is 5.00 Å². The van der Waals surface area contributed by atoms with Gasteiger partial charge in [0.1, 0.15) is 10.6 Å². The molecular weight excluding hydrogens is 525 g/mol. The molecule has 0 bridgehead atoms. The van der Waals surface area contributed by atoms with Gasteiger partial charge in [-0.15, -0.1) is 32.9 Å². The number of hydrogen-bond acceptors (Lipinski definition) is 8. The van der Waals surface area contributed by atoms with E-state index < -0.39 is 5.97 Å². The molecule has 0 aliphatic carbocycles. The minimum absolute atomic E-state index is 0.142. The predicted octanol–water partition coefficient (Wildman–Crippen LogP) is 6.84. The molecule has 0 aliphatic heterocycles. The molecule has 0 atom stereocenters. The van der Waals surface area contributed by atoms with E-state index in [1.807, 2.05) is 37.4 Å².